The molecule has 1 aromatic heterocycles. The summed E-state index contributed by atoms with van der Waals surface area (Å²) < 4.78 is 2.62. The summed E-state index contributed by atoms with van der Waals surface area (Å²) in [7, 11) is 0. The van der Waals surface area contributed by atoms with Crippen LogP contribution in [0.3, 0.4) is 0 Å². The summed E-state index contributed by atoms with van der Waals surface area (Å²) in [5, 5.41) is 0. The SMILES string of the molecule is CC(C)(C)c1cc(=O)cc(C(C)(C)C)[se]1. The molecule has 0 fully saturated rings. The van der Waals surface area contributed by atoms with Gasteiger partial charge in [0.15, 0.2) is 0 Å². The molecule has 1 heterocycles. The summed E-state index contributed by atoms with van der Waals surface area (Å²) in [5.41, 5.74) is 0.416. The zero-order valence-corrected chi connectivity index (χ0v) is 12.2. The van der Waals surface area contributed by atoms with E-state index in [-0.39, 0.29) is 16.3 Å². The van der Waals surface area contributed by atoms with Crippen LogP contribution in [0, 0.1) is 0 Å². The fraction of sp³-hybridized carbons (Fsp3) is 0.615. The third-order valence-corrected chi connectivity index (χ3v) is 6.23. The summed E-state index contributed by atoms with van der Waals surface area (Å²) in [6, 6.07) is 3.66. The topological polar surface area (TPSA) is 17.1 Å². The number of hydrogen-bond acceptors (Lipinski definition) is 1. The van der Waals surface area contributed by atoms with Crippen LogP contribution < -0.4 is 5.43 Å². The van der Waals surface area contributed by atoms with E-state index in [0.29, 0.717) is 14.5 Å². The van der Waals surface area contributed by atoms with Crippen LogP contribution in [0.4, 0.5) is 0 Å². The predicted molar refractivity (Wildman–Crippen MR) is 67.1 cm³/mol. The third kappa shape index (κ3) is 3.32. The van der Waals surface area contributed by atoms with Gasteiger partial charge < -0.3 is 0 Å². The van der Waals surface area contributed by atoms with Gasteiger partial charge in [-0.15, -0.1) is 0 Å². The van der Waals surface area contributed by atoms with Gasteiger partial charge in [0.05, 0.1) is 0 Å². The summed E-state index contributed by atoms with van der Waals surface area (Å²) in [4.78, 5) is 11.6. The average Bonchev–Trinajstić information content (AvgIpc) is 1.99. The Hall–Kier alpha value is -0.331. The van der Waals surface area contributed by atoms with E-state index in [4.69, 9.17) is 0 Å². The molecular weight excluding hydrogens is 251 g/mol. The second-order valence-electron chi connectivity index (χ2n) is 6.02. The van der Waals surface area contributed by atoms with Crippen molar-refractivity contribution in [3.8, 4) is 0 Å². The Bertz CT molecular complexity index is 367. The van der Waals surface area contributed by atoms with E-state index in [1.54, 1.807) is 0 Å². The molecule has 0 aliphatic carbocycles. The molecule has 1 aromatic rings. The van der Waals surface area contributed by atoms with Crippen LogP contribution in [0.15, 0.2) is 16.9 Å². The van der Waals surface area contributed by atoms with Crippen molar-refractivity contribution in [3.05, 3.63) is 31.2 Å². The molecular formula is C13H20OSe. The fourth-order valence-electron chi connectivity index (χ4n) is 1.22. The first-order valence-corrected chi connectivity index (χ1v) is 6.98. The van der Waals surface area contributed by atoms with Crippen LogP contribution in [-0.2, 0) is 10.8 Å². The van der Waals surface area contributed by atoms with Gasteiger partial charge in [0.1, 0.15) is 0 Å². The van der Waals surface area contributed by atoms with Gasteiger partial charge in [0.25, 0.3) is 0 Å². The molecule has 0 unspecified atom stereocenters. The van der Waals surface area contributed by atoms with Crippen molar-refractivity contribution in [2.45, 2.75) is 52.4 Å². The van der Waals surface area contributed by atoms with E-state index >= 15 is 0 Å². The molecule has 0 aliphatic rings. The van der Waals surface area contributed by atoms with Crippen molar-refractivity contribution < 1.29 is 0 Å². The molecule has 0 bridgehead atoms. The van der Waals surface area contributed by atoms with Crippen LogP contribution in [0.1, 0.15) is 50.4 Å². The van der Waals surface area contributed by atoms with Gasteiger partial charge in [0.2, 0.25) is 0 Å². The maximum atomic E-state index is 11.6. The van der Waals surface area contributed by atoms with Gasteiger partial charge in [-0.3, -0.25) is 0 Å². The van der Waals surface area contributed by atoms with Crippen LogP contribution in [0.5, 0.6) is 0 Å². The van der Waals surface area contributed by atoms with Crippen LogP contribution in [0.2, 0.25) is 0 Å². The van der Waals surface area contributed by atoms with Gasteiger partial charge in [-0.25, -0.2) is 0 Å². The Balaban J connectivity index is 3.36. The molecule has 1 rings (SSSR count). The summed E-state index contributed by atoms with van der Waals surface area (Å²) in [6.45, 7) is 13.1. The van der Waals surface area contributed by atoms with E-state index in [1.165, 1.54) is 8.87 Å². The van der Waals surface area contributed by atoms with E-state index < -0.39 is 0 Å². The summed E-state index contributed by atoms with van der Waals surface area (Å²) in [6.07, 6.45) is 0. The van der Waals surface area contributed by atoms with Gasteiger partial charge in [0, 0.05) is 0 Å². The quantitative estimate of drug-likeness (QED) is 0.663. The Kier molecular flexibility index (Phi) is 3.33. The molecule has 0 atom stereocenters. The minimum absolute atomic E-state index is 0.125. The first-order chi connectivity index (χ1) is 6.60. The standard InChI is InChI=1S/C13H20OSe/c1-12(2,3)10-7-9(14)8-11(15-10)13(4,5)6/h7-8H,1-6H3. The van der Waals surface area contributed by atoms with Crippen LogP contribution in [-0.4, -0.2) is 14.5 Å². The molecule has 15 heavy (non-hydrogen) atoms. The normalized spacial score (nSPS) is 12.9. The van der Waals surface area contributed by atoms with E-state index in [0.717, 1.165) is 0 Å². The molecule has 0 radical (unpaired) electrons. The minimum atomic E-state index is 0.125. The number of hydrogen-bond donors (Lipinski definition) is 0. The molecule has 84 valence electrons. The van der Waals surface area contributed by atoms with Crippen LogP contribution in [0.25, 0.3) is 0 Å². The summed E-state index contributed by atoms with van der Waals surface area (Å²) in [5.74, 6) is 0. The molecule has 0 saturated heterocycles. The van der Waals surface area contributed by atoms with Gasteiger partial charge >= 0.3 is 98.1 Å². The van der Waals surface area contributed by atoms with Crippen molar-refractivity contribution in [2.24, 2.45) is 0 Å². The van der Waals surface area contributed by atoms with Gasteiger partial charge in [-0.05, 0) is 0 Å². The summed E-state index contributed by atoms with van der Waals surface area (Å²) >= 11 is 0.338. The fourth-order valence-corrected chi connectivity index (χ4v) is 3.73. The molecule has 0 amide bonds. The molecule has 0 spiro atoms. The molecule has 0 aliphatic heterocycles. The van der Waals surface area contributed by atoms with Gasteiger partial charge in [-0.1, -0.05) is 0 Å². The second kappa shape index (κ2) is 3.92. The molecule has 1 nitrogen and oxygen atoms in total. The average molecular weight is 271 g/mol. The Morgan fingerprint density at radius 2 is 1.20 bits per heavy atom. The van der Waals surface area contributed by atoms with Crippen molar-refractivity contribution in [1.29, 1.82) is 0 Å². The monoisotopic (exact) mass is 272 g/mol. The van der Waals surface area contributed by atoms with Crippen molar-refractivity contribution >= 4 is 14.5 Å². The van der Waals surface area contributed by atoms with Crippen molar-refractivity contribution in [2.75, 3.05) is 0 Å². The number of rotatable bonds is 0. The predicted octanol–water partition coefficient (Wildman–Crippen LogP) is 2.70. The van der Waals surface area contributed by atoms with Gasteiger partial charge in [-0.2, -0.15) is 0 Å². The van der Waals surface area contributed by atoms with E-state index in [2.05, 4.69) is 41.5 Å². The Morgan fingerprint density at radius 3 is 1.47 bits per heavy atom. The second-order valence-corrected chi connectivity index (χ2v) is 8.30. The molecule has 2 heteroatoms. The zero-order valence-electron chi connectivity index (χ0n) is 10.5. The Morgan fingerprint density at radius 1 is 0.867 bits per heavy atom. The van der Waals surface area contributed by atoms with Crippen molar-refractivity contribution in [3.63, 3.8) is 0 Å². The van der Waals surface area contributed by atoms with Crippen LogP contribution >= 0.6 is 0 Å². The first kappa shape index (κ1) is 12.7. The molecule has 0 saturated carbocycles. The Labute approximate surface area is 98.3 Å². The van der Waals surface area contributed by atoms with E-state index in [1.807, 2.05) is 12.1 Å². The first-order valence-electron chi connectivity index (χ1n) is 5.27. The molecule has 0 N–H and O–H groups in total. The zero-order chi connectivity index (χ0) is 11.9. The van der Waals surface area contributed by atoms with Crippen molar-refractivity contribution in [1.82, 2.24) is 0 Å². The van der Waals surface area contributed by atoms with E-state index in [9.17, 15) is 4.79 Å². The third-order valence-electron chi connectivity index (χ3n) is 2.25. The molecule has 0 aromatic carbocycles. The maximum absolute atomic E-state index is 11.6.